The Kier molecular flexibility index (Phi) is 12.0. The number of hydrogen-bond acceptors (Lipinski definition) is 5. The quantitative estimate of drug-likeness (QED) is 0.0731. The number of benzene rings is 3. The SMILES string of the molecule is CCC(C)(CC)C(=O)/C=C(\O)C(C)(CC)CC.Cc1nc2[c-]c(-c3nccc4c3ccc3c(F)cccc34)cc(C(C)(C)C)c2o1.[Ir]. The molecule has 3 aromatic carbocycles. The van der Waals surface area contributed by atoms with Gasteiger partial charge >= 0.3 is 0 Å². The van der Waals surface area contributed by atoms with E-state index in [1.165, 1.54) is 12.1 Å². The maximum Gasteiger partial charge on any atom is 0.180 e. The fourth-order valence-corrected chi connectivity index (χ4v) is 5.64. The van der Waals surface area contributed by atoms with E-state index in [1.54, 1.807) is 12.3 Å². The first-order valence-electron chi connectivity index (χ1n) is 16.4. The fraction of sp³-hybridized carbons (Fsp3) is 0.425. The number of oxazole rings is 1. The van der Waals surface area contributed by atoms with Gasteiger partial charge in [0.05, 0.1) is 5.58 Å². The van der Waals surface area contributed by atoms with Crippen molar-refractivity contribution in [3.63, 3.8) is 0 Å². The Morgan fingerprint density at radius 1 is 0.894 bits per heavy atom. The number of halogens is 1. The minimum atomic E-state index is -0.337. The van der Waals surface area contributed by atoms with E-state index in [9.17, 15) is 14.3 Å². The molecule has 0 aliphatic carbocycles. The number of aromatic nitrogens is 2. The predicted molar refractivity (Wildman–Crippen MR) is 188 cm³/mol. The number of pyridine rings is 1. The molecule has 47 heavy (non-hydrogen) atoms. The zero-order valence-electron chi connectivity index (χ0n) is 29.4. The molecule has 0 amide bonds. The van der Waals surface area contributed by atoms with Gasteiger partial charge in [0.15, 0.2) is 11.7 Å². The first-order chi connectivity index (χ1) is 21.6. The molecule has 5 aromatic rings. The predicted octanol–water partition coefficient (Wildman–Crippen LogP) is 11.4. The molecule has 5 nitrogen and oxygen atoms in total. The zero-order valence-corrected chi connectivity index (χ0v) is 31.8. The normalized spacial score (nSPS) is 12.6. The summed E-state index contributed by atoms with van der Waals surface area (Å²) in [5.74, 6) is 0.684. The molecule has 5 rings (SSSR count). The molecule has 0 spiro atoms. The van der Waals surface area contributed by atoms with Crippen LogP contribution in [0.2, 0.25) is 0 Å². The van der Waals surface area contributed by atoms with Crippen molar-refractivity contribution in [3.8, 4) is 11.3 Å². The van der Waals surface area contributed by atoms with Crippen LogP contribution >= 0.6 is 0 Å². The van der Waals surface area contributed by atoms with Gasteiger partial charge in [0.25, 0.3) is 0 Å². The van der Waals surface area contributed by atoms with Gasteiger partial charge in [-0.3, -0.25) is 4.79 Å². The standard InChI is InChI=1S/C25H20FN2O.C15H28O2.Ir/c1-14-28-22-13-15(12-20(24(22)29-14)25(2,3)4)23-19-9-8-18-16(6-5-7-21(18)26)17(19)10-11-27-23;1-7-14(5,8-2)12(16)11-13(17)15(6,9-3)10-4;/h5-12H,1-4H3;11,16H,7-10H2,1-6H3;/q-1;;/b;12-11-;. The van der Waals surface area contributed by atoms with Crippen molar-refractivity contribution in [3.05, 3.63) is 83.8 Å². The van der Waals surface area contributed by atoms with Crippen LogP contribution in [0.1, 0.15) is 99.5 Å². The number of allylic oxidation sites excluding steroid dienone is 2. The Bertz CT molecular complexity index is 1910. The smallest absolute Gasteiger partial charge is 0.180 e. The molecule has 0 atom stereocenters. The second-order valence-corrected chi connectivity index (χ2v) is 13.8. The molecule has 1 N–H and O–H groups in total. The topological polar surface area (TPSA) is 76.2 Å². The van der Waals surface area contributed by atoms with Crippen molar-refractivity contribution in [1.82, 2.24) is 9.97 Å². The molecule has 0 saturated carbocycles. The maximum atomic E-state index is 14.3. The summed E-state index contributed by atoms with van der Waals surface area (Å²) in [6.07, 6.45) is 6.52. The molecule has 2 heterocycles. The first kappa shape index (κ1) is 38.0. The summed E-state index contributed by atoms with van der Waals surface area (Å²) in [6.45, 7) is 20.4. The van der Waals surface area contributed by atoms with Crippen LogP contribution < -0.4 is 0 Å². The van der Waals surface area contributed by atoms with Crippen LogP contribution in [0.15, 0.2) is 64.9 Å². The van der Waals surface area contributed by atoms with Crippen molar-refractivity contribution in [2.75, 3.05) is 0 Å². The Hall–Kier alpha value is -3.41. The van der Waals surface area contributed by atoms with E-state index in [0.717, 1.165) is 64.2 Å². The fourth-order valence-electron chi connectivity index (χ4n) is 5.64. The monoisotopic (exact) mass is 816 g/mol. The number of ketones is 1. The molecule has 7 heteroatoms. The van der Waals surface area contributed by atoms with Gasteiger partial charge in [-0.2, -0.15) is 0 Å². The summed E-state index contributed by atoms with van der Waals surface area (Å²) in [5.41, 5.74) is 3.47. The molecule has 1 radical (unpaired) electrons. The van der Waals surface area contributed by atoms with Crippen molar-refractivity contribution >= 4 is 38.4 Å². The van der Waals surface area contributed by atoms with Crippen LogP contribution in [0, 0.1) is 29.6 Å². The third-order valence-electron chi connectivity index (χ3n) is 9.94. The molecule has 0 saturated heterocycles. The number of fused-ring (bicyclic) bond motifs is 4. The first-order valence-corrected chi connectivity index (χ1v) is 16.4. The van der Waals surface area contributed by atoms with Gasteiger partial charge < -0.3 is 14.5 Å². The maximum absolute atomic E-state index is 14.3. The van der Waals surface area contributed by atoms with E-state index in [4.69, 9.17) is 4.42 Å². The van der Waals surface area contributed by atoms with Crippen LogP contribution in [0.25, 0.3) is 43.9 Å². The molecule has 0 fully saturated rings. The Balaban J connectivity index is 0.000000290. The summed E-state index contributed by atoms with van der Waals surface area (Å²) in [7, 11) is 0. The Morgan fingerprint density at radius 3 is 2.09 bits per heavy atom. The van der Waals surface area contributed by atoms with E-state index in [0.29, 0.717) is 16.8 Å². The van der Waals surface area contributed by atoms with Crippen LogP contribution in [0.3, 0.4) is 0 Å². The molecule has 0 aliphatic rings. The molecular weight excluding hydrogens is 768 g/mol. The van der Waals surface area contributed by atoms with Crippen molar-refractivity contribution in [2.24, 2.45) is 10.8 Å². The number of hydrogen-bond donors (Lipinski definition) is 1. The average molecular weight is 816 g/mol. The summed E-state index contributed by atoms with van der Waals surface area (Å²) in [6, 6.07) is 16.3. The van der Waals surface area contributed by atoms with Crippen molar-refractivity contribution in [2.45, 2.75) is 100 Å². The van der Waals surface area contributed by atoms with Crippen LogP contribution in [0.4, 0.5) is 4.39 Å². The van der Waals surface area contributed by atoms with Gasteiger partial charge in [-0.15, -0.1) is 17.7 Å². The van der Waals surface area contributed by atoms with Crippen molar-refractivity contribution in [1.29, 1.82) is 0 Å². The molecule has 0 bridgehead atoms. The minimum absolute atomic E-state index is 0. The molecule has 0 unspecified atom stereocenters. The molecule has 2 aromatic heterocycles. The van der Waals surface area contributed by atoms with Gasteiger partial charge in [0.1, 0.15) is 11.6 Å². The number of aryl methyl sites for hydroxylation is 1. The number of aliphatic hydroxyl groups excluding tert-OH is 1. The van der Waals surface area contributed by atoms with E-state index in [1.807, 2.05) is 72.7 Å². The zero-order chi connectivity index (χ0) is 34.0. The van der Waals surface area contributed by atoms with Crippen LogP contribution in [0.5, 0.6) is 0 Å². The second-order valence-electron chi connectivity index (χ2n) is 13.8. The number of aliphatic hydroxyl groups is 1. The number of nitrogens with zero attached hydrogens (tertiary/aromatic N) is 2. The Morgan fingerprint density at radius 2 is 1.49 bits per heavy atom. The number of carbonyl (C=O) groups excluding carboxylic acids is 1. The van der Waals surface area contributed by atoms with Gasteiger partial charge in [-0.1, -0.05) is 92.1 Å². The summed E-state index contributed by atoms with van der Waals surface area (Å²) >= 11 is 0. The van der Waals surface area contributed by atoms with E-state index >= 15 is 0 Å². The van der Waals surface area contributed by atoms with Crippen LogP contribution in [-0.4, -0.2) is 20.9 Å². The van der Waals surface area contributed by atoms with Gasteiger partial charge in [-0.05, 0) is 65.1 Å². The van der Waals surface area contributed by atoms with E-state index in [2.05, 4.69) is 42.9 Å². The molecule has 0 aliphatic heterocycles. The second kappa shape index (κ2) is 14.8. The third-order valence-corrected chi connectivity index (χ3v) is 9.94. The average Bonchev–Trinajstić information content (AvgIpc) is 3.42. The number of carbonyl (C=O) groups is 1. The summed E-state index contributed by atoms with van der Waals surface area (Å²) in [5, 5.41) is 13.5. The molecular formula is C40H48FIrN2O3-. The van der Waals surface area contributed by atoms with Crippen LogP contribution in [-0.2, 0) is 30.3 Å². The van der Waals surface area contributed by atoms with Gasteiger partial charge in [0.2, 0.25) is 0 Å². The van der Waals surface area contributed by atoms with Gasteiger partial charge in [0, 0.05) is 61.0 Å². The van der Waals surface area contributed by atoms with E-state index < -0.39 is 0 Å². The van der Waals surface area contributed by atoms with E-state index in [-0.39, 0.29) is 53.7 Å². The summed E-state index contributed by atoms with van der Waals surface area (Å²) < 4.78 is 20.1. The van der Waals surface area contributed by atoms with Gasteiger partial charge in [-0.25, -0.2) is 9.37 Å². The third kappa shape index (κ3) is 7.68. The summed E-state index contributed by atoms with van der Waals surface area (Å²) in [4.78, 5) is 21.4. The number of rotatable bonds is 8. The largest absolute Gasteiger partial charge is 0.512 e. The minimum Gasteiger partial charge on any atom is -0.512 e. The molecule has 253 valence electrons. The van der Waals surface area contributed by atoms with Crippen molar-refractivity contribution < 1.29 is 38.8 Å². The Labute approximate surface area is 292 Å².